The van der Waals surface area contributed by atoms with E-state index in [1.54, 1.807) is 18.5 Å². The SMILES string of the molecule is CCCOc1cncc(C(=O)C2COCC2NC)c1. The monoisotopic (exact) mass is 264 g/mol. The molecule has 1 N–H and O–H groups in total. The molecule has 1 fully saturated rings. The second-order valence-electron chi connectivity index (χ2n) is 4.66. The van der Waals surface area contributed by atoms with Crippen molar-refractivity contribution in [2.75, 3.05) is 26.9 Å². The highest BCUT2D eigenvalue weighted by Crippen LogP contribution is 2.21. The fraction of sp³-hybridized carbons (Fsp3) is 0.571. The highest BCUT2D eigenvalue weighted by molar-refractivity contribution is 5.98. The first kappa shape index (κ1) is 14.0. The van der Waals surface area contributed by atoms with Crippen molar-refractivity contribution in [2.45, 2.75) is 19.4 Å². The molecule has 104 valence electrons. The molecule has 1 saturated heterocycles. The van der Waals surface area contributed by atoms with E-state index < -0.39 is 0 Å². The zero-order chi connectivity index (χ0) is 13.7. The zero-order valence-corrected chi connectivity index (χ0v) is 11.4. The molecule has 1 aromatic heterocycles. The molecule has 19 heavy (non-hydrogen) atoms. The van der Waals surface area contributed by atoms with Gasteiger partial charge in [0.1, 0.15) is 5.75 Å². The number of ether oxygens (including phenoxy) is 2. The van der Waals surface area contributed by atoms with Crippen molar-refractivity contribution in [1.29, 1.82) is 0 Å². The fourth-order valence-corrected chi connectivity index (χ4v) is 2.16. The molecule has 2 atom stereocenters. The number of likely N-dealkylation sites (N-methyl/N-ethyl adjacent to an activating group) is 1. The molecule has 2 unspecified atom stereocenters. The van der Waals surface area contributed by atoms with Gasteiger partial charge in [-0.2, -0.15) is 0 Å². The van der Waals surface area contributed by atoms with Gasteiger partial charge in [-0.1, -0.05) is 6.92 Å². The Balaban J connectivity index is 2.10. The van der Waals surface area contributed by atoms with Crippen LogP contribution >= 0.6 is 0 Å². The maximum Gasteiger partial charge on any atom is 0.171 e. The minimum absolute atomic E-state index is 0.0614. The van der Waals surface area contributed by atoms with Crippen LogP contribution in [0.2, 0.25) is 0 Å². The van der Waals surface area contributed by atoms with Gasteiger partial charge < -0.3 is 14.8 Å². The van der Waals surface area contributed by atoms with Crippen molar-refractivity contribution in [2.24, 2.45) is 5.92 Å². The van der Waals surface area contributed by atoms with E-state index in [0.717, 1.165) is 6.42 Å². The lowest BCUT2D eigenvalue weighted by molar-refractivity contribution is 0.0891. The Morgan fingerprint density at radius 1 is 1.53 bits per heavy atom. The summed E-state index contributed by atoms with van der Waals surface area (Å²) in [5.74, 6) is 0.562. The van der Waals surface area contributed by atoms with Crippen molar-refractivity contribution in [3.05, 3.63) is 24.0 Å². The Kier molecular flexibility index (Phi) is 4.87. The van der Waals surface area contributed by atoms with Crippen molar-refractivity contribution in [3.63, 3.8) is 0 Å². The van der Waals surface area contributed by atoms with Crippen LogP contribution in [-0.2, 0) is 4.74 Å². The molecule has 0 aromatic carbocycles. The first-order valence-electron chi connectivity index (χ1n) is 6.63. The van der Waals surface area contributed by atoms with Gasteiger partial charge >= 0.3 is 0 Å². The van der Waals surface area contributed by atoms with E-state index in [1.807, 2.05) is 14.0 Å². The summed E-state index contributed by atoms with van der Waals surface area (Å²) in [6.07, 6.45) is 4.15. The molecule has 2 rings (SSSR count). The van der Waals surface area contributed by atoms with E-state index in [2.05, 4.69) is 10.3 Å². The Bertz CT molecular complexity index is 436. The van der Waals surface area contributed by atoms with Gasteiger partial charge in [0.2, 0.25) is 0 Å². The quantitative estimate of drug-likeness (QED) is 0.784. The smallest absolute Gasteiger partial charge is 0.171 e. The fourth-order valence-electron chi connectivity index (χ4n) is 2.16. The highest BCUT2D eigenvalue weighted by atomic mass is 16.5. The van der Waals surface area contributed by atoms with Gasteiger partial charge in [0.05, 0.1) is 31.9 Å². The van der Waals surface area contributed by atoms with Gasteiger partial charge in [0, 0.05) is 17.8 Å². The maximum absolute atomic E-state index is 12.4. The van der Waals surface area contributed by atoms with Crippen LogP contribution in [0.3, 0.4) is 0 Å². The summed E-state index contributed by atoms with van der Waals surface area (Å²) in [5.41, 5.74) is 0.587. The predicted molar refractivity (Wildman–Crippen MR) is 71.5 cm³/mol. The molecule has 0 aliphatic carbocycles. The Hall–Kier alpha value is -1.46. The number of pyridine rings is 1. The molecule has 1 aliphatic heterocycles. The molecule has 2 heterocycles. The van der Waals surface area contributed by atoms with Gasteiger partial charge in [-0.25, -0.2) is 0 Å². The minimum Gasteiger partial charge on any atom is -0.492 e. The van der Waals surface area contributed by atoms with Crippen LogP contribution in [0.1, 0.15) is 23.7 Å². The van der Waals surface area contributed by atoms with Crippen LogP contribution in [0.15, 0.2) is 18.5 Å². The number of hydrogen-bond acceptors (Lipinski definition) is 5. The van der Waals surface area contributed by atoms with E-state index >= 15 is 0 Å². The molecule has 5 heteroatoms. The maximum atomic E-state index is 12.4. The summed E-state index contributed by atoms with van der Waals surface area (Å²) in [7, 11) is 1.85. The van der Waals surface area contributed by atoms with Crippen LogP contribution in [0, 0.1) is 5.92 Å². The molecule has 1 aliphatic rings. The summed E-state index contributed by atoms with van der Waals surface area (Å²) in [6, 6.07) is 1.84. The second-order valence-corrected chi connectivity index (χ2v) is 4.66. The zero-order valence-electron chi connectivity index (χ0n) is 11.4. The third-order valence-electron chi connectivity index (χ3n) is 3.26. The predicted octanol–water partition coefficient (Wildman–Crippen LogP) is 1.29. The molecular formula is C14H20N2O3. The number of nitrogens with one attached hydrogen (secondary N) is 1. The normalized spacial score (nSPS) is 22.4. The number of hydrogen-bond donors (Lipinski definition) is 1. The van der Waals surface area contributed by atoms with Crippen molar-refractivity contribution in [3.8, 4) is 5.75 Å². The molecule has 0 spiro atoms. The molecule has 0 radical (unpaired) electrons. The lowest BCUT2D eigenvalue weighted by Crippen LogP contribution is -2.37. The molecule has 0 saturated carbocycles. The lowest BCUT2D eigenvalue weighted by Gasteiger charge is -2.15. The summed E-state index contributed by atoms with van der Waals surface area (Å²) in [5, 5.41) is 3.12. The molecule has 5 nitrogen and oxygen atoms in total. The van der Waals surface area contributed by atoms with Crippen LogP contribution < -0.4 is 10.1 Å². The van der Waals surface area contributed by atoms with Crippen LogP contribution in [0.5, 0.6) is 5.75 Å². The van der Waals surface area contributed by atoms with Gasteiger partial charge in [-0.05, 0) is 19.5 Å². The van der Waals surface area contributed by atoms with Crippen LogP contribution in [0.4, 0.5) is 0 Å². The topological polar surface area (TPSA) is 60.5 Å². The average Bonchev–Trinajstić information content (AvgIpc) is 2.93. The van der Waals surface area contributed by atoms with Gasteiger partial charge in [-0.15, -0.1) is 0 Å². The Labute approximate surface area is 113 Å². The molecule has 1 aromatic rings. The largest absolute Gasteiger partial charge is 0.492 e. The van der Waals surface area contributed by atoms with E-state index in [0.29, 0.717) is 31.1 Å². The third kappa shape index (κ3) is 3.30. The van der Waals surface area contributed by atoms with Crippen molar-refractivity contribution < 1.29 is 14.3 Å². The minimum atomic E-state index is -0.145. The number of aromatic nitrogens is 1. The highest BCUT2D eigenvalue weighted by Gasteiger charge is 2.33. The van der Waals surface area contributed by atoms with E-state index in [-0.39, 0.29) is 17.7 Å². The van der Waals surface area contributed by atoms with E-state index in [9.17, 15) is 4.79 Å². The summed E-state index contributed by atoms with van der Waals surface area (Å²) in [6.45, 7) is 3.71. The van der Waals surface area contributed by atoms with Crippen LogP contribution in [-0.4, -0.2) is 43.7 Å². The number of nitrogens with zero attached hydrogens (tertiary/aromatic N) is 1. The standard InChI is InChI=1S/C14H20N2O3/c1-3-4-19-11-5-10(6-16-7-11)14(17)12-8-18-9-13(12)15-2/h5-7,12-13,15H,3-4,8-9H2,1-2H3. The summed E-state index contributed by atoms with van der Waals surface area (Å²) >= 11 is 0. The first-order chi connectivity index (χ1) is 9.26. The van der Waals surface area contributed by atoms with E-state index in [1.165, 1.54) is 0 Å². The van der Waals surface area contributed by atoms with Crippen molar-refractivity contribution in [1.82, 2.24) is 10.3 Å². The number of ketones is 1. The Morgan fingerprint density at radius 3 is 3.11 bits per heavy atom. The van der Waals surface area contributed by atoms with E-state index in [4.69, 9.17) is 9.47 Å². The first-order valence-corrected chi connectivity index (χ1v) is 6.63. The second kappa shape index (κ2) is 6.63. The lowest BCUT2D eigenvalue weighted by atomic mass is 9.94. The van der Waals surface area contributed by atoms with Crippen molar-refractivity contribution >= 4 is 5.78 Å². The van der Waals surface area contributed by atoms with Gasteiger partial charge in [-0.3, -0.25) is 9.78 Å². The number of Topliss-reactive ketones (excluding diaryl/α,β-unsaturated/α-hetero) is 1. The van der Waals surface area contributed by atoms with Crippen LogP contribution in [0.25, 0.3) is 0 Å². The van der Waals surface area contributed by atoms with Gasteiger partial charge in [0.25, 0.3) is 0 Å². The summed E-state index contributed by atoms with van der Waals surface area (Å²) in [4.78, 5) is 16.5. The summed E-state index contributed by atoms with van der Waals surface area (Å²) < 4.78 is 10.9. The number of carbonyl (C=O) groups is 1. The molecule has 0 amide bonds. The number of carbonyl (C=O) groups excluding carboxylic acids is 1. The molecular weight excluding hydrogens is 244 g/mol. The number of rotatable bonds is 6. The third-order valence-corrected chi connectivity index (χ3v) is 3.26. The Morgan fingerprint density at radius 2 is 2.37 bits per heavy atom. The van der Waals surface area contributed by atoms with Gasteiger partial charge in [0.15, 0.2) is 5.78 Å². The molecule has 0 bridgehead atoms. The average molecular weight is 264 g/mol.